The van der Waals surface area contributed by atoms with Gasteiger partial charge in [-0.2, -0.15) is 0 Å². The van der Waals surface area contributed by atoms with E-state index in [0.717, 1.165) is 17.6 Å². The van der Waals surface area contributed by atoms with Crippen molar-refractivity contribution in [2.75, 3.05) is 5.32 Å². The van der Waals surface area contributed by atoms with Crippen LogP contribution in [-0.2, 0) is 0 Å². The first-order chi connectivity index (χ1) is 8.10. The molecule has 2 atom stereocenters. The minimum atomic E-state index is -0.0705. The predicted molar refractivity (Wildman–Crippen MR) is 69.4 cm³/mol. The van der Waals surface area contributed by atoms with Gasteiger partial charge >= 0.3 is 0 Å². The van der Waals surface area contributed by atoms with Gasteiger partial charge in [0.05, 0.1) is 0 Å². The molecule has 4 nitrogen and oxygen atoms in total. The minimum Gasteiger partial charge on any atom is -0.367 e. The molecule has 2 rings (SSSR count). The van der Waals surface area contributed by atoms with Gasteiger partial charge in [0.15, 0.2) is 0 Å². The standard InChI is InChI=1S/C13H21N3O/c1-4-5-9-6-10(9)14-11-7-12(17)16-13(15-11)8(2)3/h7-10H,4-6H2,1-3H3,(H2,14,15,16,17). The lowest BCUT2D eigenvalue weighted by Crippen LogP contribution is -2.16. The fourth-order valence-corrected chi connectivity index (χ4v) is 2.13. The molecule has 0 radical (unpaired) electrons. The first kappa shape index (κ1) is 12.1. The molecule has 1 aliphatic carbocycles. The molecule has 1 fully saturated rings. The number of hydrogen-bond donors (Lipinski definition) is 2. The van der Waals surface area contributed by atoms with E-state index in [0.29, 0.717) is 6.04 Å². The maximum absolute atomic E-state index is 11.5. The van der Waals surface area contributed by atoms with Crippen LogP contribution < -0.4 is 10.9 Å². The topological polar surface area (TPSA) is 57.8 Å². The molecule has 0 saturated heterocycles. The smallest absolute Gasteiger partial charge is 0.252 e. The molecule has 0 bridgehead atoms. The second kappa shape index (κ2) is 4.90. The molecule has 1 heterocycles. The van der Waals surface area contributed by atoms with E-state index in [4.69, 9.17) is 0 Å². The summed E-state index contributed by atoms with van der Waals surface area (Å²) in [6.45, 7) is 6.26. The lowest BCUT2D eigenvalue weighted by Gasteiger charge is -2.08. The summed E-state index contributed by atoms with van der Waals surface area (Å²) in [7, 11) is 0. The zero-order chi connectivity index (χ0) is 12.4. The third kappa shape index (κ3) is 3.08. The van der Waals surface area contributed by atoms with Crippen molar-refractivity contribution in [2.24, 2.45) is 5.92 Å². The van der Waals surface area contributed by atoms with Crippen LogP contribution in [0.5, 0.6) is 0 Å². The highest BCUT2D eigenvalue weighted by atomic mass is 16.1. The Balaban J connectivity index is 2.04. The first-order valence-corrected chi connectivity index (χ1v) is 6.48. The van der Waals surface area contributed by atoms with E-state index in [1.807, 2.05) is 13.8 Å². The van der Waals surface area contributed by atoms with Crippen molar-refractivity contribution >= 4 is 5.82 Å². The summed E-state index contributed by atoms with van der Waals surface area (Å²) in [4.78, 5) is 18.7. The second-order valence-electron chi connectivity index (χ2n) is 5.21. The maximum atomic E-state index is 11.5. The summed E-state index contributed by atoms with van der Waals surface area (Å²) in [5, 5.41) is 3.36. The zero-order valence-corrected chi connectivity index (χ0v) is 10.8. The van der Waals surface area contributed by atoms with Crippen LogP contribution in [0.15, 0.2) is 10.9 Å². The van der Waals surface area contributed by atoms with Crippen LogP contribution >= 0.6 is 0 Å². The van der Waals surface area contributed by atoms with E-state index in [1.54, 1.807) is 6.07 Å². The number of H-pyrrole nitrogens is 1. The molecule has 17 heavy (non-hydrogen) atoms. The first-order valence-electron chi connectivity index (χ1n) is 6.48. The quantitative estimate of drug-likeness (QED) is 0.824. The van der Waals surface area contributed by atoms with Gasteiger partial charge in [0.1, 0.15) is 11.6 Å². The van der Waals surface area contributed by atoms with E-state index in [-0.39, 0.29) is 11.5 Å². The van der Waals surface area contributed by atoms with Crippen molar-refractivity contribution in [1.29, 1.82) is 0 Å². The van der Waals surface area contributed by atoms with Gasteiger partial charge in [-0.15, -0.1) is 0 Å². The van der Waals surface area contributed by atoms with Crippen molar-refractivity contribution < 1.29 is 0 Å². The van der Waals surface area contributed by atoms with Crippen LogP contribution in [0.4, 0.5) is 5.82 Å². The molecular formula is C13H21N3O. The molecule has 94 valence electrons. The summed E-state index contributed by atoms with van der Waals surface area (Å²) < 4.78 is 0. The summed E-state index contributed by atoms with van der Waals surface area (Å²) >= 11 is 0. The maximum Gasteiger partial charge on any atom is 0.252 e. The van der Waals surface area contributed by atoms with E-state index in [2.05, 4.69) is 22.2 Å². The van der Waals surface area contributed by atoms with Crippen LogP contribution in [0.3, 0.4) is 0 Å². The molecule has 2 N–H and O–H groups in total. The minimum absolute atomic E-state index is 0.0705. The van der Waals surface area contributed by atoms with Gasteiger partial charge in [-0.25, -0.2) is 4.98 Å². The van der Waals surface area contributed by atoms with Crippen molar-refractivity contribution in [3.05, 3.63) is 22.2 Å². The Kier molecular flexibility index (Phi) is 3.50. The number of rotatable bonds is 5. The SMILES string of the molecule is CCCC1CC1Nc1cc(=O)[nH]c(C(C)C)n1. The Hall–Kier alpha value is -1.32. The Morgan fingerprint density at radius 1 is 1.59 bits per heavy atom. The number of anilines is 1. The Labute approximate surface area is 102 Å². The van der Waals surface area contributed by atoms with E-state index >= 15 is 0 Å². The number of aromatic amines is 1. The van der Waals surface area contributed by atoms with Gasteiger partial charge in [-0.1, -0.05) is 27.2 Å². The third-order valence-corrected chi connectivity index (χ3v) is 3.22. The normalized spacial score (nSPS) is 22.8. The fraction of sp³-hybridized carbons (Fsp3) is 0.692. The van der Waals surface area contributed by atoms with Crippen molar-refractivity contribution in [2.45, 2.75) is 52.0 Å². The molecule has 0 spiro atoms. The second-order valence-corrected chi connectivity index (χ2v) is 5.21. The molecule has 1 saturated carbocycles. The molecule has 0 aromatic carbocycles. The molecule has 0 aliphatic heterocycles. The van der Waals surface area contributed by atoms with E-state index < -0.39 is 0 Å². The number of nitrogens with zero attached hydrogens (tertiary/aromatic N) is 1. The number of aromatic nitrogens is 2. The van der Waals surface area contributed by atoms with Crippen LogP contribution in [-0.4, -0.2) is 16.0 Å². The Bertz CT molecular complexity index is 439. The van der Waals surface area contributed by atoms with Crippen LogP contribution in [0, 0.1) is 5.92 Å². The van der Waals surface area contributed by atoms with Crippen molar-refractivity contribution in [1.82, 2.24) is 9.97 Å². The number of nitrogens with one attached hydrogen (secondary N) is 2. The molecule has 2 unspecified atom stereocenters. The summed E-state index contributed by atoms with van der Waals surface area (Å²) in [5.41, 5.74) is -0.0705. The van der Waals surface area contributed by atoms with Gasteiger partial charge in [-0.3, -0.25) is 4.79 Å². The molecular weight excluding hydrogens is 214 g/mol. The molecule has 1 aromatic rings. The predicted octanol–water partition coefficient (Wildman–Crippen LogP) is 2.49. The number of hydrogen-bond acceptors (Lipinski definition) is 3. The Morgan fingerprint density at radius 2 is 2.35 bits per heavy atom. The van der Waals surface area contributed by atoms with Crippen molar-refractivity contribution in [3.63, 3.8) is 0 Å². The highest BCUT2D eigenvalue weighted by Crippen LogP contribution is 2.36. The van der Waals surface area contributed by atoms with Gasteiger partial charge in [0.25, 0.3) is 5.56 Å². The fourth-order valence-electron chi connectivity index (χ4n) is 2.13. The van der Waals surface area contributed by atoms with Crippen LogP contribution in [0.2, 0.25) is 0 Å². The van der Waals surface area contributed by atoms with E-state index in [9.17, 15) is 4.79 Å². The molecule has 4 heteroatoms. The highest BCUT2D eigenvalue weighted by molar-refractivity contribution is 5.37. The van der Waals surface area contributed by atoms with Gasteiger partial charge in [0.2, 0.25) is 0 Å². The monoisotopic (exact) mass is 235 g/mol. The summed E-state index contributed by atoms with van der Waals surface area (Å²) in [5.74, 6) is 2.49. The van der Waals surface area contributed by atoms with Gasteiger partial charge in [-0.05, 0) is 18.8 Å². The van der Waals surface area contributed by atoms with Gasteiger partial charge in [0, 0.05) is 18.0 Å². The average molecular weight is 235 g/mol. The summed E-state index contributed by atoms with van der Waals surface area (Å²) in [6.07, 6.45) is 3.69. The van der Waals surface area contributed by atoms with Crippen LogP contribution in [0.1, 0.15) is 51.8 Å². The lowest BCUT2D eigenvalue weighted by atomic mass is 10.2. The molecule has 0 amide bonds. The largest absolute Gasteiger partial charge is 0.367 e. The molecule has 1 aliphatic rings. The highest BCUT2D eigenvalue weighted by Gasteiger charge is 2.36. The van der Waals surface area contributed by atoms with E-state index in [1.165, 1.54) is 19.3 Å². The van der Waals surface area contributed by atoms with Gasteiger partial charge < -0.3 is 10.3 Å². The lowest BCUT2D eigenvalue weighted by molar-refractivity contribution is 0.691. The zero-order valence-electron chi connectivity index (χ0n) is 10.8. The average Bonchev–Trinajstić information content (AvgIpc) is 2.96. The third-order valence-electron chi connectivity index (χ3n) is 3.22. The Morgan fingerprint density at radius 3 is 3.00 bits per heavy atom. The van der Waals surface area contributed by atoms with Crippen LogP contribution in [0.25, 0.3) is 0 Å². The van der Waals surface area contributed by atoms with Crippen molar-refractivity contribution in [3.8, 4) is 0 Å². The summed E-state index contributed by atoms with van der Waals surface area (Å²) in [6, 6.07) is 2.07. The molecule has 1 aromatic heterocycles.